The van der Waals surface area contributed by atoms with E-state index in [1.54, 1.807) is 12.1 Å². The molecule has 0 aliphatic carbocycles. The van der Waals surface area contributed by atoms with Crippen molar-refractivity contribution in [3.8, 4) is 0 Å². The van der Waals surface area contributed by atoms with Crippen LogP contribution in [-0.4, -0.2) is 5.78 Å². The number of hydrogen-bond donors (Lipinski definition) is 1. The van der Waals surface area contributed by atoms with E-state index in [0.29, 0.717) is 15.7 Å². The lowest BCUT2D eigenvalue weighted by Gasteiger charge is -2.07. The number of hydrogen-bond acceptors (Lipinski definition) is 2. The Hall–Kier alpha value is -1.39. The molecule has 0 bridgehead atoms. The maximum atomic E-state index is 13.8. The molecule has 98 valence electrons. The number of aryl methyl sites for hydroxylation is 1. The zero-order valence-electron chi connectivity index (χ0n) is 10.0. The third-order valence-electron chi connectivity index (χ3n) is 2.62. The molecule has 5 heteroatoms. The molecule has 2 aromatic carbocycles. The van der Waals surface area contributed by atoms with E-state index in [4.69, 9.17) is 17.3 Å². The number of benzene rings is 2. The van der Waals surface area contributed by atoms with Crippen molar-refractivity contribution in [1.29, 1.82) is 0 Å². The third-order valence-corrected chi connectivity index (χ3v) is 3.81. The number of anilines is 1. The van der Waals surface area contributed by atoms with E-state index in [9.17, 15) is 9.18 Å². The number of rotatable bonds is 2. The summed E-state index contributed by atoms with van der Waals surface area (Å²) in [5.74, 6) is -1.07. The van der Waals surface area contributed by atoms with Crippen molar-refractivity contribution >= 4 is 39.0 Å². The number of nitrogens with two attached hydrogens (primary N) is 1. The van der Waals surface area contributed by atoms with Gasteiger partial charge in [0.05, 0.1) is 10.6 Å². The van der Waals surface area contributed by atoms with Gasteiger partial charge in [-0.1, -0.05) is 11.6 Å². The number of carbonyl (C=O) groups excluding carboxylic acids is 1. The Balaban J connectivity index is 2.53. The molecule has 0 atom stereocenters. The van der Waals surface area contributed by atoms with Gasteiger partial charge in [0.15, 0.2) is 5.78 Å². The Morgan fingerprint density at radius 1 is 1.26 bits per heavy atom. The number of ketones is 1. The lowest BCUT2D eigenvalue weighted by Crippen LogP contribution is -2.06. The lowest BCUT2D eigenvalue weighted by molar-refractivity contribution is 0.103. The Bertz CT molecular complexity index is 652. The molecule has 2 aromatic rings. The van der Waals surface area contributed by atoms with Crippen LogP contribution in [0, 0.1) is 12.7 Å². The molecule has 0 fully saturated rings. The second-order valence-corrected chi connectivity index (χ2v) is 5.47. The molecule has 0 aromatic heterocycles. The second-order valence-electron chi connectivity index (χ2n) is 4.21. The monoisotopic (exact) mass is 341 g/mol. The van der Waals surface area contributed by atoms with Crippen LogP contribution in [0.15, 0.2) is 34.8 Å². The summed E-state index contributed by atoms with van der Waals surface area (Å²) in [6, 6.07) is 7.40. The number of nitrogen functional groups attached to an aromatic ring is 1. The van der Waals surface area contributed by atoms with Crippen LogP contribution < -0.4 is 5.73 Å². The van der Waals surface area contributed by atoms with Gasteiger partial charge in [0, 0.05) is 15.7 Å². The minimum absolute atomic E-state index is 0.0711. The lowest BCUT2D eigenvalue weighted by atomic mass is 10.0. The molecule has 0 aliphatic rings. The Kier molecular flexibility index (Phi) is 3.92. The zero-order chi connectivity index (χ0) is 14.2. The van der Waals surface area contributed by atoms with Gasteiger partial charge in [-0.05, 0) is 58.7 Å². The standard InChI is InChI=1S/C14H10BrClFNO/c1-7-2-8(4-9(18)3-7)14(19)10-5-12(16)11(15)6-13(10)17/h2-6H,18H2,1H3. The molecule has 0 spiro atoms. The van der Waals surface area contributed by atoms with Crippen LogP contribution in [-0.2, 0) is 0 Å². The van der Waals surface area contributed by atoms with Gasteiger partial charge in [0.25, 0.3) is 0 Å². The normalized spacial score (nSPS) is 10.5. The minimum atomic E-state index is -0.624. The molecule has 2 nitrogen and oxygen atoms in total. The highest BCUT2D eigenvalue weighted by atomic mass is 79.9. The first-order valence-electron chi connectivity index (χ1n) is 5.45. The van der Waals surface area contributed by atoms with Crippen LogP contribution >= 0.6 is 27.5 Å². The Labute approximate surface area is 123 Å². The highest BCUT2D eigenvalue weighted by Gasteiger charge is 2.17. The summed E-state index contributed by atoms with van der Waals surface area (Å²) in [7, 11) is 0. The van der Waals surface area contributed by atoms with Crippen molar-refractivity contribution in [2.75, 3.05) is 5.73 Å². The van der Waals surface area contributed by atoms with Crippen LogP contribution in [0.2, 0.25) is 5.02 Å². The molecular weight excluding hydrogens is 333 g/mol. The molecule has 0 aliphatic heterocycles. The van der Waals surface area contributed by atoms with E-state index in [1.807, 2.05) is 6.92 Å². The molecule has 0 radical (unpaired) electrons. The first-order chi connectivity index (χ1) is 8.88. The molecule has 0 heterocycles. The predicted molar refractivity (Wildman–Crippen MR) is 78.1 cm³/mol. The van der Waals surface area contributed by atoms with E-state index in [-0.39, 0.29) is 10.6 Å². The summed E-state index contributed by atoms with van der Waals surface area (Å²) >= 11 is 8.99. The predicted octanol–water partition coefficient (Wildman–Crippen LogP) is 4.36. The van der Waals surface area contributed by atoms with Gasteiger partial charge in [0.1, 0.15) is 5.82 Å². The van der Waals surface area contributed by atoms with E-state index >= 15 is 0 Å². The first-order valence-corrected chi connectivity index (χ1v) is 6.62. The fourth-order valence-corrected chi connectivity index (χ4v) is 2.28. The SMILES string of the molecule is Cc1cc(N)cc(C(=O)c2cc(Cl)c(Br)cc2F)c1. The quantitative estimate of drug-likeness (QED) is 0.500. The summed E-state index contributed by atoms with van der Waals surface area (Å²) in [6.45, 7) is 1.82. The summed E-state index contributed by atoms with van der Waals surface area (Å²) < 4.78 is 14.2. The van der Waals surface area contributed by atoms with E-state index in [1.165, 1.54) is 18.2 Å². The summed E-state index contributed by atoms with van der Waals surface area (Å²) in [4.78, 5) is 12.3. The largest absolute Gasteiger partial charge is 0.399 e. The topological polar surface area (TPSA) is 43.1 Å². The second kappa shape index (κ2) is 5.31. The van der Waals surface area contributed by atoms with Crippen LogP contribution in [0.3, 0.4) is 0 Å². The van der Waals surface area contributed by atoms with Crippen molar-refractivity contribution in [1.82, 2.24) is 0 Å². The van der Waals surface area contributed by atoms with Crippen LogP contribution in [0.4, 0.5) is 10.1 Å². The molecule has 2 N–H and O–H groups in total. The maximum Gasteiger partial charge on any atom is 0.196 e. The van der Waals surface area contributed by atoms with Crippen molar-refractivity contribution in [2.45, 2.75) is 6.92 Å². The smallest absolute Gasteiger partial charge is 0.196 e. The van der Waals surface area contributed by atoms with Crippen molar-refractivity contribution < 1.29 is 9.18 Å². The highest BCUT2D eigenvalue weighted by molar-refractivity contribution is 9.10. The summed E-state index contributed by atoms with van der Waals surface area (Å²) in [5.41, 5.74) is 7.26. The first kappa shape index (κ1) is 14.0. The molecular formula is C14H10BrClFNO. The molecule has 2 rings (SSSR count). The van der Waals surface area contributed by atoms with Crippen molar-refractivity contribution in [3.05, 3.63) is 62.3 Å². The molecule has 0 unspecified atom stereocenters. The van der Waals surface area contributed by atoms with Gasteiger partial charge < -0.3 is 5.73 Å². The van der Waals surface area contributed by atoms with Crippen LogP contribution in [0.1, 0.15) is 21.5 Å². The highest BCUT2D eigenvalue weighted by Crippen LogP contribution is 2.27. The summed E-state index contributed by atoms with van der Waals surface area (Å²) in [5, 5.41) is 0.283. The maximum absolute atomic E-state index is 13.8. The average molecular weight is 343 g/mol. The Morgan fingerprint density at radius 3 is 2.58 bits per heavy atom. The number of halogens is 3. The fraction of sp³-hybridized carbons (Fsp3) is 0.0714. The molecule has 19 heavy (non-hydrogen) atoms. The molecule has 0 saturated carbocycles. The summed E-state index contributed by atoms with van der Waals surface area (Å²) in [6.07, 6.45) is 0. The van der Waals surface area contributed by atoms with E-state index in [0.717, 1.165) is 5.56 Å². The number of carbonyl (C=O) groups is 1. The van der Waals surface area contributed by atoms with Crippen molar-refractivity contribution in [3.63, 3.8) is 0 Å². The average Bonchev–Trinajstić information content (AvgIpc) is 2.31. The molecule has 0 saturated heterocycles. The molecule has 0 amide bonds. The third kappa shape index (κ3) is 2.96. The zero-order valence-corrected chi connectivity index (χ0v) is 12.3. The van der Waals surface area contributed by atoms with Gasteiger partial charge in [0.2, 0.25) is 0 Å². The fourth-order valence-electron chi connectivity index (χ4n) is 1.80. The van der Waals surface area contributed by atoms with E-state index < -0.39 is 11.6 Å². The van der Waals surface area contributed by atoms with Gasteiger partial charge in [-0.15, -0.1) is 0 Å². The Morgan fingerprint density at radius 2 is 1.95 bits per heavy atom. The van der Waals surface area contributed by atoms with Gasteiger partial charge in [-0.25, -0.2) is 4.39 Å². The van der Waals surface area contributed by atoms with E-state index in [2.05, 4.69) is 15.9 Å². The minimum Gasteiger partial charge on any atom is -0.399 e. The van der Waals surface area contributed by atoms with Gasteiger partial charge in [-0.3, -0.25) is 4.79 Å². The van der Waals surface area contributed by atoms with Gasteiger partial charge in [-0.2, -0.15) is 0 Å². The van der Waals surface area contributed by atoms with Gasteiger partial charge >= 0.3 is 0 Å². The van der Waals surface area contributed by atoms with Crippen LogP contribution in [0.5, 0.6) is 0 Å². The van der Waals surface area contributed by atoms with Crippen molar-refractivity contribution in [2.24, 2.45) is 0 Å². The van der Waals surface area contributed by atoms with Crippen LogP contribution in [0.25, 0.3) is 0 Å².